The minimum atomic E-state index is -0.417. The van der Waals surface area contributed by atoms with Crippen LogP contribution in [0.2, 0.25) is 5.15 Å². The molecule has 1 atom stereocenters. The third-order valence-corrected chi connectivity index (χ3v) is 2.32. The van der Waals surface area contributed by atoms with E-state index in [4.69, 9.17) is 22.4 Å². The van der Waals surface area contributed by atoms with Gasteiger partial charge in [-0.25, -0.2) is 4.98 Å². The molecule has 66 valence electrons. The molecular formula is C7H8BrClN2O. The quantitative estimate of drug-likeness (QED) is 0.783. The topological polar surface area (TPSA) is 59.1 Å². The Labute approximate surface area is 83.7 Å². The highest BCUT2D eigenvalue weighted by molar-refractivity contribution is 9.10. The number of aliphatic hydroxyl groups is 1. The molecule has 0 radical (unpaired) electrons. The normalized spacial score (nSPS) is 13.0. The lowest BCUT2D eigenvalue weighted by atomic mass is 10.1. The van der Waals surface area contributed by atoms with Crippen LogP contribution in [0.3, 0.4) is 0 Å². The predicted octanol–water partition coefficient (Wildman–Crippen LogP) is 1.49. The average Bonchev–Trinajstić information content (AvgIpc) is 2.08. The maximum atomic E-state index is 8.79. The molecule has 0 saturated carbocycles. The first kappa shape index (κ1) is 9.92. The number of hydrogen-bond acceptors (Lipinski definition) is 3. The van der Waals surface area contributed by atoms with E-state index in [0.717, 1.165) is 10.0 Å². The number of aromatic nitrogens is 1. The van der Waals surface area contributed by atoms with Gasteiger partial charge in [0.1, 0.15) is 5.15 Å². The Morgan fingerprint density at radius 1 is 1.75 bits per heavy atom. The molecule has 1 aromatic heterocycles. The summed E-state index contributed by atoms with van der Waals surface area (Å²) in [5.74, 6) is 0. The third-order valence-electron chi connectivity index (χ3n) is 1.45. The number of aliphatic hydroxyl groups excluding tert-OH is 1. The Morgan fingerprint density at radius 3 is 3.00 bits per heavy atom. The molecule has 0 aromatic carbocycles. The van der Waals surface area contributed by atoms with E-state index in [0.29, 0.717) is 5.15 Å². The van der Waals surface area contributed by atoms with Crippen molar-refractivity contribution in [1.29, 1.82) is 0 Å². The van der Waals surface area contributed by atoms with Gasteiger partial charge in [-0.2, -0.15) is 0 Å². The van der Waals surface area contributed by atoms with E-state index in [-0.39, 0.29) is 6.61 Å². The van der Waals surface area contributed by atoms with Gasteiger partial charge in [-0.1, -0.05) is 11.6 Å². The molecular weight excluding hydrogens is 243 g/mol. The first-order valence-corrected chi connectivity index (χ1v) is 4.49. The standard InChI is InChI=1S/C7H8BrClN2O/c8-5-2-11-7(9)1-4(5)6(10)3-12/h1-2,6,12H,3,10H2/t6-/m0/s1. The Bertz CT molecular complexity index is 282. The van der Waals surface area contributed by atoms with Crippen molar-refractivity contribution in [3.05, 3.63) is 27.5 Å². The van der Waals surface area contributed by atoms with Crippen LogP contribution < -0.4 is 5.73 Å². The molecule has 3 N–H and O–H groups in total. The van der Waals surface area contributed by atoms with Crippen molar-refractivity contribution < 1.29 is 5.11 Å². The summed E-state index contributed by atoms with van der Waals surface area (Å²) in [6, 6.07) is 1.21. The van der Waals surface area contributed by atoms with E-state index in [1.807, 2.05) is 0 Å². The Hall–Kier alpha value is -0.160. The SMILES string of the molecule is N[C@@H](CO)c1cc(Cl)ncc1Br. The van der Waals surface area contributed by atoms with Crippen molar-refractivity contribution in [3.63, 3.8) is 0 Å². The molecule has 0 aliphatic heterocycles. The van der Waals surface area contributed by atoms with Crippen LogP contribution in [0.4, 0.5) is 0 Å². The van der Waals surface area contributed by atoms with E-state index >= 15 is 0 Å². The lowest BCUT2D eigenvalue weighted by Gasteiger charge is -2.10. The molecule has 0 aliphatic rings. The van der Waals surface area contributed by atoms with Gasteiger partial charge < -0.3 is 10.8 Å². The van der Waals surface area contributed by atoms with Gasteiger partial charge in [-0.15, -0.1) is 0 Å². The van der Waals surface area contributed by atoms with Crippen LogP contribution in [0.25, 0.3) is 0 Å². The fourth-order valence-corrected chi connectivity index (χ4v) is 1.49. The van der Waals surface area contributed by atoms with Crippen LogP contribution in [-0.2, 0) is 0 Å². The molecule has 0 aliphatic carbocycles. The molecule has 1 heterocycles. The van der Waals surface area contributed by atoms with Gasteiger partial charge in [0.2, 0.25) is 0 Å². The second-order valence-corrected chi connectivity index (χ2v) is 3.56. The molecule has 0 fully saturated rings. The van der Waals surface area contributed by atoms with Crippen molar-refractivity contribution in [2.75, 3.05) is 6.61 Å². The van der Waals surface area contributed by atoms with E-state index in [1.165, 1.54) is 0 Å². The number of pyridine rings is 1. The first-order valence-electron chi connectivity index (χ1n) is 3.32. The molecule has 5 heteroatoms. The second-order valence-electron chi connectivity index (χ2n) is 2.32. The Balaban J connectivity index is 3.04. The highest BCUT2D eigenvalue weighted by atomic mass is 79.9. The second kappa shape index (κ2) is 4.18. The van der Waals surface area contributed by atoms with Crippen LogP contribution in [0.15, 0.2) is 16.7 Å². The van der Waals surface area contributed by atoms with E-state index in [9.17, 15) is 0 Å². The summed E-state index contributed by atoms with van der Waals surface area (Å²) in [5.41, 5.74) is 6.36. The van der Waals surface area contributed by atoms with E-state index in [1.54, 1.807) is 12.3 Å². The fraction of sp³-hybridized carbons (Fsp3) is 0.286. The molecule has 0 amide bonds. The highest BCUT2D eigenvalue weighted by Crippen LogP contribution is 2.23. The molecule has 0 unspecified atom stereocenters. The van der Waals surface area contributed by atoms with Gasteiger partial charge in [0, 0.05) is 10.7 Å². The number of nitrogens with two attached hydrogens (primary N) is 1. The summed E-state index contributed by atoms with van der Waals surface area (Å²) < 4.78 is 0.758. The molecule has 1 rings (SSSR count). The smallest absolute Gasteiger partial charge is 0.129 e. The Kier molecular flexibility index (Phi) is 3.46. The Morgan fingerprint density at radius 2 is 2.42 bits per heavy atom. The summed E-state index contributed by atoms with van der Waals surface area (Å²) in [6.07, 6.45) is 1.56. The molecule has 12 heavy (non-hydrogen) atoms. The van der Waals surface area contributed by atoms with Gasteiger partial charge in [0.25, 0.3) is 0 Å². The zero-order chi connectivity index (χ0) is 9.14. The van der Waals surface area contributed by atoms with E-state index in [2.05, 4.69) is 20.9 Å². The van der Waals surface area contributed by atoms with Crippen LogP contribution in [0, 0.1) is 0 Å². The highest BCUT2D eigenvalue weighted by Gasteiger charge is 2.09. The maximum absolute atomic E-state index is 8.79. The molecule has 3 nitrogen and oxygen atoms in total. The summed E-state index contributed by atoms with van der Waals surface area (Å²) in [4.78, 5) is 3.84. The molecule has 1 aromatic rings. The monoisotopic (exact) mass is 250 g/mol. The van der Waals surface area contributed by atoms with Gasteiger partial charge in [0.05, 0.1) is 12.6 Å². The van der Waals surface area contributed by atoms with Crippen LogP contribution >= 0.6 is 27.5 Å². The summed E-state index contributed by atoms with van der Waals surface area (Å²) in [7, 11) is 0. The molecule has 0 bridgehead atoms. The van der Waals surface area contributed by atoms with Crippen molar-refractivity contribution in [3.8, 4) is 0 Å². The maximum Gasteiger partial charge on any atom is 0.129 e. The number of rotatable bonds is 2. The molecule has 0 saturated heterocycles. The van der Waals surface area contributed by atoms with Gasteiger partial charge >= 0.3 is 0 Å². The lowest BCUT2D eigenvalue weighted by molar-refractivity contribution is 0.267. The lowest BCUT2D eigenvalue weighted by Crippen LogP contribution is -2.15. The van der Waals surface area contributed by atoms with Crippen molar-refractivity contribution >= 4 is 27.5 Å². The zero-order valence-corrected chi connectivity index (χ0v) is 8.51. The van der Waals surface area contributed by atoms with Crippen molar-refractivity contribution in [1.82, 2.24) is 4.98 Å². The van der Waals surface area contributed by atoms with Gasteiger partial charge in [-0.3, -0.25) is 0 Å². The average molecular weight is 252 g/mol. The van der Waals surface area contributed by atoms with Crippen molar-refractivity contribution in [2.45, 2.75) is 6.04 Å². The largest absolute Gasteiger partial charge is 0.394 e. The summed E-state index contributed by atoms with van der Waals surface area (Å²) >= 11 is 8.91. The van der Waals surface area contributed by atoms with Crippen molar-refractivity contribution in [2.24, 2.45) is 5.73 Å². The first-order chi connectivity index (χ1) is 5.65. The summed E-state index contributed by atoms with van der Waals surface area (Å²) in [6.45, 7) is -0.112. The van der Waals surface area contributed by atoms with Crippen LogP contribution in [-0.4, -0.2) is 16.7 Å². The minimum absolute atomic E-state index is 0.112. The fourth-order valence-electron chi connectivity index (χ4n) is 0.810. The van der Waals surface area contributed by atoms with Gasteiger partial charge in [-0.05, 0) is 27.6 Å². The zero-order valence-electron chi connectivity index (χ0n) is 6.17. The summed E-state index contributed by atoms with van der Waals surface area (Å²) in [5, 5.41) is 9.17. The van der Waals surface area contributed by atoms with Crippen LogP contribution in [0.5, 0.6) is 0 Å². The predicted molar refractivity (Wildman–Crippen MR) is 51.0 cm³/mol. The molecule has 0 spiro atoms. The number of nitrogens with zero attached hydrogens (tertiary/aromatic N) is 1. The van der Waals surface area contributed by atoms with E-state index < -0.39 is 6.04 Å². The van der Waals surface area contributed by atoms with Gasteiger partial charge in [0.15, 0.2) is 0 Å². The number of hydrogen-bond donors (Lipinski definition) is 2. The minimum Gasteiger partial charge on any atom is -0.394 e. The van der Waals surface area contributed by atoms with Crippen LogP contribution in [0.1, 0.15) is 11.6 Å². The number of halogens is 2. The third kappa shape index (κ3) is 2.17.